The maximum atomic E-state index is 10.1. The predicted octanol–water partition coefficient (Wildman–Crippen LogP) is 6.68. The maximum Gasteiger partial charge on any atom is 0.161 e. The van der Waals surface area contributed by atoms with Gasteiger partial charge in [-0.2, -0.15) is 0 Å². The maximum absolute atomic E-state index is 10.1. The highest BCUT2D eigenvalue weighted by Crippen LogP contribution is 2.35. The van der Waals surface area contributed by atoms with E-state index in [1.54, 1.807) is 0 Å². The van der Waals surface area contributed by atoms with E-state index in [1.165, 1.54) is 16.7 Å². The van der Waals surface area contributed by atoms with Gasteiger partial charge in [0.1, 0.15) is 0 Å². The Labute approximate surface area is 153 Å². The van der Waals surface area contributed by atoms with Crippen molar-refractivity contribution in [1.82, 2.24) is 0 Å². The number of benzene rings is 1. The van der Waals surface area contributed by atoms with Gasteiger partial charge in [-0.15, -0.1) is 0 Å². The van der Waals surface area contributed by atoms with E-state index in [0.29, 0.717) is 6.42 Å². The second-order valence-corrected chi connectivity index (χ2v) is 7.34. The Bertz CT molecular complexity index is 672. The third-order valence-corrected chi connectivity index (χ3v) is 4.66. The molecule has 0 unspecified atom stereocenters. The molecular formula is C23H34O2. The van der Waals surface area contributed by atoms with E-state index in [1.807, 2.05) is 19.9 Å². The molecule has 0 aromatic heterocycles. The van der Waals surface area contributed by atoms with Crippen LogP contribution in [0.2, 0.25) is 0 Å². The summed E-state index contributed by atoms with van der Waals surface area (Å²) in [4.78, 5) is 0. The average molecular weight is 343 g/mol. The van der Waals surface area contributed by atoms with Gasteiger partial charge in [-0.1, -0.05) is 41.0 Å². The predicted molar refractivity (Wildman–Crippen MR) is 108 cm³/mol. The first-order valence-electron chi connectivity index (χ1n) is 9.18. The summed E-state index contributed by atoms with van der Waals surface area (Å²) in [6, 6.07) is 1.96. The van der Waals surface area contributed by atoms with Gasteiger partial charge in [-0.25, -0.2) is 0 Å². The second kappa shape index (κ2) is 10.1. The van der Waals surface area contributed by atoms with Crippen molar-refractivity contribution in [2.75, 3.05) is 0 Å². The van der Waals surface area contributed by atoms with Crippen molar-refractivity contribution in [2.45, 2.75) is 73.6 Å². The van der Waals surface area contributed by atoms with Crippen LogP contribution < -0.4 is 0 Å². The molecule has 0 aliphatic heterocycles. The Morgan fingerprint density at radius 3 is 2.00 bits per heavy atom. The number of hydrogen-bond acceptors (Lipinski definition) is 2. The molecule has 0 atom stereocenters. The molecule has 0 heterocycles. The molecule has 0 saturated carbocycles. The van der Waals surface area contributed by atoms with Crippen molar-refractivity contribution >= 4 is 0 Å². The fourth-order valence-corrected chi connectivity index (χ4v) is 2.73. The van der Waals surface area contributed by atoms with Crippen molar-refractivity contribution in [3.05, 3.63) is 57.7 Å². The molecule has 25 heavy (non-hydrogen) atoms. The smallest absolute Gasteiger partial charge is 0.161 e. The van der Waals surface area contributed by atoms with Gasteiger partial charge in [0.2, 0.25) is 0 Å². The standard InChI is InChI=1S/C23H34O2/c1-16(2)9-7-10-17(3)11-8-12-18(4)13-14-21-15-19(5)20(6)22(24)23(21)25/h9,11,13,15,24-25H,7-8,10,12,14H2,1-6H3/b17-11+,18-13+. The number of hydrogen-bond donors (Lipinski definition) is 2. The molecule has 2 N–H and O–H groups in total. The van der Waals surface area contributed by atoms with Gasteiger partial charge in [0.25, 0.3) is 0 Å². The number of phenolic OH excluding ortho intramolecular Hbond substituents is 2. The van der Waals surface area contributed by atoms with E-state index < -0.39 is 0 Å². The third-order valence-electron chi connectivity index (χ3n) is 4.66. The largest absolute Gasteiger partial charge is 0.504 e. The first kappa shape index (κ1) is 21.1. The second-order valence-electron chi connectivity index (χ2n) is 7.34. The Hall–Kier alpha value is -1.96. The minimum Gasteiger partial charge on any atom is -0.504 e. The molecule has 0 spiro atoms. The molecule has 0 saturated heterocycles. The summed E-state index contributed by atoms with van der Waals surface area (Å²) in [5.74, 6) is 0.0261. The van der Waals surface area contributed by atoms with E-state index in [9.17, 15) is 10.2 Å². The highest BCUT2D eigenvalue weighted by Gasteiger charge is 2.11. The first-order valence-corrected chi connectivity index (χ1v) is 9.18. The van der Waals surface area contributed by atoms with E-state index in [-0.39, 0.29) is 11.5 Å². The summed E-state index contributed by atoms with van der Waals surface area (Å²) in [5, 5.41) is 20.1. The molecule has 0 aliphatic rings. The highest BCUT2D eigenvalue weighted by atomic mass is 16.3. The van der Waals surface area contributed by atoms with Crippen LogP contribution in [0.15, 0.2) is 41.0 Å². The minimum atomic E-state index is 0.0102. The summed E-state index contributed by atoms with van der Waals surface area (Å²) in [6.07, 6.45) is 11.7. The zero-order valence-corrected chi connectivity index (χ0v) is 16.7. The monoisotopic (exact) mass is 342 g/mol. The highest BCUT2D eigenvalue weighted by molar-refractivity contribution is 5.53. The number of phenols is 2. The van der Waals surface area contributed by atoms with E-state index >= 15 is 0 Å². The third kappa shape index (κ3) is 7.21. The van der Waals surface area contributed by atoms with Crippen molar-refractivity contribution in [3.63, 3.8) is 0 Å². The summed E-state index contributed by atoms with van der Waals surface area (Å²) < 4.78 is 0. The Balaban J connectivity index is 2.56. The molecule has 1 aromatic carbocycles. The van der Waals surface area contributed by atoms with Crippen LogP contribution in [0.25, 0.3) is 0 Å². The summed E-state index contributed by atoms with van der Waals surface area (Å²) >= 11 is 0. The van der Waals surface area contributed by atoms with Gasteiger partial charge in [0.05, 0.1) is 0 Å². The Morgan fingerprint density at radius 2 is 1.40 bits per heavy atom. The van der Waals surface area contributed by atoms with Gasteiger partial charge in [0, 0.05) is 5.56 Å². The van der Waals surface area contributed by atoms with Crippen molar-refractivity contribution < 1.29 is 10.2 Å². The fourth-order valence-electron chi connectivity index (χ4n) is 2.73. The summed E-state index contributed by atoms with van der Waals surface area (Å²) in [6.45, 7) is 12.4. The molecular weight excluding hydrogens is 308 g/mol. The summed E-state index contributed by atoms with van der Waals surface area (Å²) in [7, 11) is 0. The lowest BCUT2D eigenvalue weighted by Crippen LogP contribution is -1.91. The number of aromatic hydroxyl groups is 2. The molecule has 138 valence electrons. The average Bonchev–Trinajstić information content (AvgIpc) is 2.54. The van der Waals surface area contributed by atoms with Crippen LogP contribution in [0.3, 0.4) is 0 Å². The summed E-state index contributed by atoms with van der Waals surface area (Å²) in [5.41, 5.74) is 6.68. The lowest BCUT2D eigenvalue weighted by atomic mass is 10.00. The molecule has 0 amide bonds. The molecule has 2 heteroatoms. The Kier molecular flexibility index (Phi) is 8.54. The molecule has 1 aromatic rings. The first-order chi connectivity index (χ1) is 11.7. The molecule has 0 fully saturated rings. The van der Waals surface area contributed by atoms with Crippen LogP contribution in [0.5, 0.6) is 11.5 Å². The van der Waals surface area contributed by atoms with Crippen LogP contribution in [-0.2, 0) is 6.42 Å². The molecule has 1 rings (SSSR count). The SMILES string of the molecule is CC(C)=CCC/C(C)=C/CC/C(C)=C/Cc1cc(C)c(C)c(O)c1O. The van der Waals surface area contributed by atoms with E-state index in [2.05, 4.69) is 45.9 Å². The molecule has 2 nitrogen and oxygen atoms in total. The van der Waals surface area contributed by atoms with Gasteiger partial charge in [0.15, 0.2) is 11.5 Å². The topological polar surface area (TPSA) is 40.5 Å². The normalized spacial score (nSPS) is 12.4. The quantitative estimate of drug-likeness (QED) is 0.409. The number of aryl methyl sites for hydroxylation is 1. The van der Waals surface area contributed by atoms with Gasteiger partial charge in [-0.05, 0) is 84.8 Å². The van der Waals surface area contributed by atoms with Crippen molar-refractivity contribution in [3.8, 4) is 11.5 Å². The Morgan fingerprint density at radius 1 is 0.840 bits per heavy atom. The van der Waals surface area contributed by atoms with E-state index in [0.717, 1.165) is 42.4 Å². The van der Waals surface area contributed by atoms with Gasteiger partial charge in [-0.3, -0.25) is 0 Å². The lowest BCUT2D eigenvalue weighted by Gasteiger charge is -2.10. The van der Waals surface area contributed by atoms with Crippen LogP contribution >= 0.6 is 0 Å². The molecule has 0 radical (unpaired) electrons. The van der Waals surface area contributed by atoms with Crippen LogP contribution in [-0.4, -0.2) is 10.2 Å². The van der Waals surface area contributed by atoms with Gasteiger partial charge >= 0.3 is 0 Å². The van der Waals surface area contributed by atoms with Crippen LogP contribution in [0.1, 0.15) is 70.1 Å². The van der Waals surface area contributed by atoms with Crippen LogP contribution in [0.4, 0.5) is 0 Å². The lowest BCUT2D eigenvalue weighted by molar-refractivity contribution is 0.397. The zero-order chi connectivity index (χ0) is 19.0. The van der Waals surface area contributed by atoms with Crippen LogP contribution in [0, 0.1) is 13.8 Å². The zero-order valence-electron chi connectivity index (χ0n) is 16.7. The van der Waals surface area contributed by atoms with Crippen molar-refractivity contribution in [2.24, 2.45) is 0 Å². The van der Waals surface area contributed by atoms with E-state index in [4.69, 9.17) is 0 Å². The number of allylic oxidation sites excluding steroid dienone is 6. The van der Waals surface area contributed by atoms with Gasteiger partial charge < -0.3 is 10.2 Å². The fraction of sp³-hybridized carbons (Fsp3) is 0.478. The van der Waals surface area contributed by atoms with Crippen molar-refractivity contribution in [1.29, 1.82) is 0 Å². The number of rotatable bonds is 8. The minimum absolute atomic E-state index is 0.0102. The molecule has 0 bridgehead atoms. The molecule has 0 aliphatic carbocycles.